The number of hydrogen-bond donors (Lipinski definition) is 0. The summed E-state index contributed by atoms with van der Waals surface area (Å²) >= 11 is 0. The minimum absolute atomic E-state index is 0.661. The minimum Gasteiger partial charge on any atom is -0.497 e. The van der Waals surface area contributed by atoms with E-state index < -0.39 is 0 Å². The van der Waals surface area contributed by atoms with Gasteiger partial charge >= 0.3 is 0 Å². The maximum absolute atomic E-state index is 5.64. The Balaban J connectivity index is 1.92. The smallest absolute Gasteiger partial charge is 0.164 e. The van der Waals surface area contributed by atoms with Gasteiger partial charge < -0.3 is 14.2 Å². The Labute approximate surface area is 192 Å². The van der Waals surface area contributed by atoms with Crippen molar-refractivity contribution in [2.24, 2.45) is 0 Å². The van der Waals surface area contributed by atoms with Crippen molar-refractivity contribution in [3.63, 3.8) is 0 Å². The van der Waals surface area contributed by atoms with Crippen LogP contribution in [0, 0.1) is 0 Å². The monoisotopic (exact) mass is 439 g/mol. The van der Waals surface area contributed by atoms with Gasteiger partial charge in [0.1, 0.15) is 5.75 Å². The number of rotatable bonds is 6. The number of benzene rings is 3. The first kappa shape index (κ1) is 20.8. The molecule has 3 aromatic carbocycles. The summed E-state index contributed by atoms with van der Waals surface area (Å²) in [5.74, 6) is 2.13. The van der Waals surface area contributed by atoms with Crippen molar-refractivity contribution < 1.29 is 14.2 Å². The van der Waals surface area contributed by atoms with Gasteiger partial charge in [0, 0.05) is 16.3 Å². The molecule has 0 amide bonds. The molecule has 0 unspecified atom stereocenters. The molecule has 0 aliphatic heterocycles. The van der Waals surface area contributed by atoms with Crippen LogP contribution in [0.1, 0.15) is 12.6 Å². The standard InChI is InChI=1S/C27H25N3O3/c1-5-22-25-20-15-23(32-3)24(33-4)16-21(20)26(17-11-13-19(31-2)14-12-17)28-27(25)30(29-22)18-9-7-6-8-10-18/h6-16H,5H2,1-4H3. The highest BCUT2D eigenvalue weighted by Gasteiger charge is 2.21. The zero-order chi connectivity index (χ0) is 22.9. The van der Waals surface area contributed by atoms with Crippen molar-refractivity contribution in [1.29, 1.82) is 0 Å². The van der Waals surface area contributed by atoms with E-state index in [9.17, 15) is 0 Å². The predicted octanol–water partition coefficient (Wildman–Crippen LogP) is 5.83. The van der Waals surface area contributed by atoms with E-state index in [-0.39, 0.29) is 0 Å². The highest BCUT2D eigenvalue weighted by molar-refractivity contribution is 6.12. The molecule has 0 aliphatic rings. The predicted molar refractivity (Wildman–Crippen MR) is 131 cm³/mol. The number of pyridine rings is 1. The number of aromatic nitrogens is 3. The van der Waals surface area contributed by atoms with Gasteiger partial charge in [-0.05, 0) is 55.0 Å². The normalized spacial score (nSPS) is 11.2. The van der Waals surface area contributed by atoms with Crippen LogP contribution >= 0.6 is 0 Å². The molecule has 0 radical (unpaired) electrons. The lowest BCUT2D eigenvalue weighted by Gasteiger charge is -2.14. The number of methoxy groups -OCH3 is 3. The lowest BCUT2D eigenvalue weighted by molar-refractivity contribution is 0.356. The summed E-state index contributed by atoms with van der Waals surface area (Å²) in [6.45, 7) is 2.11. The minimum atomic E-state index is 0.661. The Kier molecular flexibility index (Phi) is 5.34. The molecule has 6 nitrogen and oxygen atoms in total. The third-order valence-corrected chi connectivity index (χ3v) is 5.90. The van der Waals surface area contributed by atoms with E-state index in [0.717, 1.165) is 56.6 Å². The van der Waals surface area contributed by atoms with Crippen molar-refractivity contribution in [3.8, 4) is 34.2 Å². The molecule has 0 atom stereocenters. The van der Waals surface area contributed by atoms with Crippen molar-refractivity contribution in [3.05, 3.63) is 72.4 Å². The van der Waals surface area contributed by atoms with E-state index in [1.807, 2.05) is 71.4 Å². The molecule has 2 heterocycles. The first-order valence-electron chi connectivity index (χ1n) is 10.9. The fourth-order valence-corrected chi connectivity index (χ4v) is 4.25. The average Bonchev–Trinajstić information content (AvgIpc) is 3.26. The third kappa shape index (κ3) is 3.44. The summed E-state index contributed by atoms with van der Waals surface area (Å²) < 4.78 is 18.5. The van der Waals surface area contributed by atoms with E-state index >= 15 is 0 Å². The number of aryl methyl sites for hydroxylation is 1. The van der Waals surface area contributed by atoms with E-state index in [1.165, 1.54) is 0 Å². The Morgan fingerprint density at radius 3 is 2.06 bits per heavy atom. The second-order valence-electron chi connectivity index (χ2n) is 7.69. The summed E-state index contributed by atoms with van der Waals surface area (Å²) in [7, 11) is 4.96. The van der Waals surface area contributed by atoms with Gasteiger partial charge in [0.25, 0.3) is 0 Å². The summed E-state index contributed by atoms with van der Waals surface area (Å²) in [6.07, 6.45) is 0.781. The van der Waals surface area contributed by atoms with E-state index in [0.29, 0.717) is 11.5 Å². The van der Waals surface area contributed by atoms with Crippen LogP contribution in [0.4, 0.5) is 0 Å². The molecule has 0 aliphatic carbocycles. The number of para-hydroxylation sites is 1. The summed E-state index contributed by atoms with van der Waals surface area (Å²) in [4.78, 5) is 5.17. The maximum Gasteiger partial charge on any atom is 0.164 e. The molecule has 2 aromatic heterocycles. The molecule has 33 heavy (non-hydrogen) atoms. The molecule has 0 fully saturated rings. The SMILES string of the molecule is CCc1nn(-c2ccccc2)c2nc(-c3ccc(OC)cc3)c3cc(OC)c(OC)cc3c12. The van der Waals surface area contributed by atoms with Crippen LogP contribution in [-0.2, 0) is 6.42 Å². The summed E-state index contributed by atoms with van der Waals surface area (Å²) in [6, 6.07) is 22.1. The van der Waals surface area contributed by atoms with Crippen LogP contribution in [0.3, 0.4) is 0 Å². The van der Waals surface area contributed by atoms with Gasteiger partial charge in [-0.15, -0.1) is 0 Å². The number of ether oxygens (including phenoxy) is 3. The van der Waals surface area contributed by atoms with E-state index in [2.05, 4.69) is 6.92 Å². The Bertz CT molecular complexity index is 1440. The first-order valence-corrected chi connectivity index (χ1v) is 10.9. The van der Waals surface area contributed by atoms with Gasteiger partial charge in [0.15, 0.2) is 17.1 Å². The van der Waals surface area contributed by atoms with Gasteiger partial charge in [0.05, 0.1) is 43.8 Å². The molecule has 0 N–H and O–H groups in total. The number of nitrogens with zero attached hydrogens (tertiary/aromatic N) is 3. The summed E-state index contributed by atoms with van der Waals surface area (Å²) in [5, 5.41) is 7.98. The Morgan fingerprint density at radius 2 is 1.45 bits per heavy atom. The zero-order valence-electron chi connectivity index (χ0n) is 19.1. The number of hydrogen-bond acceptors (Lipinski definition) is 5. The molecule has 0 bridgehead atoms. The quantitative estimate of drug-likeness (QED) is 0.333. The molecule has 0 spiro atoms. The Morgan fingerprint density at radius 1 is 0.788 bits per heavy atom. The van der Waals surface area contributed by atoms with Gasteiger partial charge in [-0.3, -0.25) is 0 Å². The summed E-state index contributed by atoms with van der Waals surface area (Å²) in [5.41, 5.74) is 4.59. The van der Waals surface area contributed by atoms with Crippen molar-refractivity contribution in [2.75, 3.05) is 21.3 Å². The second-order valence-corrected chi connectivity index (χ2v) is 7.69. The van der Waals surface area contributed by atoms with Crippen LogP contribution < -0.4 is 14.2 Å². The topological polar surface area (TPSA) is 58.4 Å². The van der Waals surface area contributed by atoms with Crippen LogP contribution in [0.15, 0.2) is 66.7 Å². The molecular weight excluding hydrogens is 414 g/mol. The van der Waals surface area contributed by atoms with E-state index in [1.54, 1.807) is 21.3 Å². The number of fused-ring (bicyclic) bond motifs is 3. The highest BCUT2D eigenvalue weighted by atomic mass is 16.5. The zero-order valence-corrected chi connectivity index (χ0v) is 19.1. The Hall–Kier alpha value is -4.06. The van der Waals surface area contributed by atoms with Gasteiger partial charge in [-0.1, -0.05) is 25.1 Å². The van der Waals surface area contributed by atoms with E-state index in [4.69, 9.17) is 24.3 Å². The average molecular weight is 440 g/mol. The molecular formula is C27H25N3O3. The first-order chi connectivity index (χ1) is 16.2. The van der Waals surface area contributed by atoms with Crippen LogP contribution in [-0.4, -0.2) is 36.1 Å². The van der Waals surface area contributed by atoms with Crippen LogP contribution in [0.2, 0.25) is 0 Å². The highest BCUT2D eigenvalue weighted by Crippen LogP contribution is 2.41. The van der Waals surface area contributed by atoms with Crippen molar-refractivity contribution in [2.45, 2.75) is 13.3 Å². The van der Waals surface area contributed by atoms with Gasteiger partial charge in [-0.25, -0.2) is 9.67 Å². The molecule has 166 valence electrons. The lowest BCUT2D eigenvalue weighted by Crippen LogP contribution is -1.99. The molecule has 5 aromatic rings. The van der Waals surface area contributed by atoms with Crippen LogP contribution in [0.25, 0.3) is 38.8 Å². The van der Waals surface area contributed by atoms with Crippen molar-refractivity contribution >= 4 is 21.8 Å². The second kappa shape index (κ2) is 8.47. The van der Waals surface area contributed by atoms with Crippen molar-refractivity contribution in [1.82, 2.24) is 14.8 Å². The van der Waals surface area contributed by atoms with Gasteiger partial charge in [0.2, 0.25) is 0 Å². The van der Waals surface area contributed by atoms with Crippen LogP contribution in [0.5, 0.6) is 17.2 Å². The fraction of sp³-hybridized carbons (Fsp3) is 0.185. The molecule has 0 saturated heterocycles. The third-order valence-electron chi connectivity index (χ3n) is 5.90. The van der Waals surface area contributed by atoms with Gasteiger partial charge in [-0.2, -0.15) is 5.10 Å². The maximum atomic E-state index is 5.64. The molecule has 6 heteroatoms. The molecule has 0 saturated carbocycles. The lowest BCUT2D eigenvalue weighted by atomic mass is 9.99. The fourth-order valence-electron chi connectivity index (χ4n) is 4.25. The molecule has 5 rings (SSSR count). The largest absolute Gasteiger partial charge is 0.497 e.